The summed E-state index contributed by atoms with van der Waals surface area (Å²) >= 11 is 12.7. The Morgan fingerprint density at radius 2 is 1.70 bits per heavy atom. The van der Waals surface area contributed by atoms with Crippen LogP contribution >= 0.6 is 23.2 Å². The molecule has 1 aliphatic carbocycles. The first-order valence-corrected chi connectivity index (χ1v) is 12.2. The number of alkyl halides is 2. The molecular weight excluding hydrogens is 531 g/mol. The first-order chi connectivity index (χ1) is 17.8. The molecule has 0 saturated heterocycles. The lowest BCUT2D eigenvalue weighted by atomic mass is 10.0. The van der Waals surface area contributed by atoms with Gasteiger partial charge in [0.2, 0.25) is 0 Å². The van der Waals surface area contributed by atoms with E-state index in [0.717, 1.165) is 12.8 Å². The van der Waals surface area contributed by atoms with Gasteiger partial charge >= 0.3 is 12.8 Å². The van der Waals surface area contributed by atoms with Crippen LogP contribution in [-0.2, 0) is 11.2 Å². The van der Waals surface area contributed by atoms with Crippen molar-refractivity contribution in [2.24, 2.45) is 5.92 Å². The number of methoxy groups -OCH3 is 1. The van der Waals surface area contributed by atoms with Crippen molar-refractivity contribution in [3.63, 3.8) is 0 Å². The molecule has 37 heavy (non-hydrogen) atoms. The van der Waals surface area contributed by atoms with Gasteiger partial charge in [0.1, 0.15) is 27.6 Å². The van der Waals surface area contributed by atoms with Gasteiger partial charge in [-0.15, -0.1) is 0 Å². The number of hydrogen-bond acceptors (Lipinski definition) is 6. The van der Waals surface area contributed by atoms with E-state index in [4.69, 9.17) is 42.1 Å². The second kappa shape index (κ2) is 12.3. The Balaban J connectivity index is 1.61. The lowest BCUT2D eigenvalue weighted by Gasteiger charge is -2.21. The van der Waals surface area contributed by atoms with E-state index in [1.165, 1.54) is 25.3 Å². The van der Waals surface area contributed by atoms with Crippen molar-refractivity contribution >= 4 is 29.4 Å². The Kier molecular flexibility index (Phi) is 8.89. The average molecular weight is 555 g/mol. The van der Waals surface area contributed by atoms with Crippen LogP contribution in [0.1, 0.15) is 30.1 Å². The number of carbonyl (C=O) groups is 1. The number of hydrogen-bond donors (Lipinski definition) is 0. The van der Waals surface area contributed by atoms with E-state index in [0.29, 0.717) is 39.4 Å². The molecule has 196 valence electrons. The maximum Gasteiger partial charge on any atom is 0.514 e. The molecule has 1 saturated carbocycles. The molecule has 1 atom stereocenters. The molecule has 0 bridgehead atoms. The predicted molar refractivity (Wildman–Crippen MR) is 131 cm³/mol. The minimum atomic E-state index is -3.03. The molecule has 7 nitrogen and oxygen atoms in total. The van der Waals surface area contributed by atoms with E-state index in [-0.39, 0.29) is 23.7 Å². The highest BCUT2D eigenvalue weighted by Crippen LogP contribution is 2.38. The largest absolute Gasteiger partial charge is 0.514 e. The molecule has 1 aromatic heterocycles. The van der Waals surface area contributed by atoms with Gasteiger partial charge in [-0.2, -0.15) is 8.78 Å². The maximum atomic E-state index is 13.0. The number of aromatic nitrogens is 1. The molecule has 0 unspecified atom stereocenters. The van der Waals surface area contributed by atoms with Gasteiger partial charge in [0.25, 0.3) is 0 Å². The molecule has 1 heterocycles. The third kappa shape index (κ3) is 7.60. The molecule has 4 rings (SSSR count). The molecule has 2 aromatic carbocycles. The van der Waals surface area contributed by atoms with Crippen molar-refractivity contribution in [2.45, 2.75) is 32.0 Å². The average Bonchev–Trinajstić information content (AvgIpc) is 3.70. The molecule has 3 aromatic rings. The van der Waals surface area contributed by atoms with Crippen LogP contribution < -0.4 is 23.9 Å². The van der Waals surface area contributed by atoms with Crippen molar-refractivity contribution < 1.29 is 42.2 Å². The van der Waals surface area contributed by atoms with E-state index in [1.54, 1.807) is 36.7 Å². The van der Waals surface area contributed by atoms with Gasteiger partial charge in [0.15, 0.2) is 23.9 Å². The zero-order chi connectivity index (χ0) is 26.4. The van der Waals surface area contributed by atoms with E-state index < -0.39 is 18.9 Å². The number of nitrogens with one attached hydrogen (secondary N) is 1. The van der Waals surface area contributed by atoms with E-state index in [2.05, 4.69) is 9.72 Å². The van der Waals surface area contributed by atoms with Crippen molar-refractivity contribution in [1.29, 1.82) is 0 Å². The van der Waals surface area contributed by atoms with Gasteiger partial charge in [0.05, 0.1) is 13.7 Å². The zero-order valence-corrected chi connectivity index (χ0v) is 21.2. The van der Waals surface area contributed by atoms with Crippen LogP contribution in [0.25, 0.3) is 0 Å². The Morgan fingerprint density at radius 1 is 1.03 bits per heavy atom. The van der Waals surface area contributed by atoms with E-state index >= 15 is 0 Å². The third-order valence-corrected chi connectivity index (χ3v) is 6.29. The normalized spacial score (nSPS) is 13.7. The van der Waals surface area contributed by atoms with Crippen molar-refractivity contribution in [1.82, 2.24) is 0 Å². The minimum absolute atomic E-state index is 0.0706. The Morgan fingerprint density at radius 3 is 2.32 bits per heavy atom. The Bertz CT molecular complexity index is 1200. The standard InChI is InChI=1S/C26H23Cl2F2NO6/c1-33-17-5-7-18(8-6-17)35-26(32)37-23(11-19-20(27)12-31-13-21(19)28)16-4-9-22(36-25(29)30)24(10-16)34-14-15-2-3-15/h4-10,12-13,15,23,25H,2-3,11,14H2,1H3/p+1/t23-/m0/s1. The first kappa shape index (κ1) is 26.8. The number of halogens is 4. The van der Waals surface area contributed by atoms with Gasteiger partial charge in [-0.05, 0) is 60.7 Å². The quantitative estimate of drug-likeness (QED) is 0.194. The minimum Gasteiger partial charge on any atom is -0.497 e. The van der Waals surface area contributed by atoms with Crippen LogP contribution in [0.5, 0.6) is 23.0 Å². The van der Waals surface area contributed by atoms with Crippen LogP contribution in [-0.4, -0.2) is 26.5 Å². The number of carbonyl (C=O) groups excluding carboxylic acids is 1. The Hall–Kier alpha value is -3.30. The van der Waals surface area contributed by atoms with Crippen LogP contribution in [0.3, 0.4) is 0 Å². The van der Waals surface area contributed by atoms with E-state index in [9.17, 15) is 13.6 Å². The molecule has 11 heteroatoms. The molecular formula is C26H24Cl2F2NO6+. The maximum absolute atomic E-state index is 13.0. The smallest absolute Gasteiger partial charge is 0.497 e. The van der Waals surface area contributed by atoms with Crippen LogP contribution in [0.2, 0.25) is 10.0 Å². The molecule has 1 N–H and O–H groups in total. The predicted octanol–water partition coefficient (Wildman–Crippen LogP) is 6.71. The lowest BCUT2D eigenvalue weighted by Crippen LogP contribution is -2.18. The number of rotatable bonds is 11. The SMILES string of the molecule is COc1ccc(OC(=O)O[C@@H](Cc2c(Cl)c[nH+]cc2Cl)c2ccc(OC(F)F)c(OCC3CC3)c2)cc1. The lowest BCUT2D eigenvalue weighted by molar-refractivity contribution is -0.377. The summed E-state index contributed by atoms with van der Waals surface area (Å²) in [5, 5.41) is 0.653. The summed E-state index contributed by atoms with van der Waals surface area (Å²) in [6.07, 6.45) is 3.23. The van der Waals surface area contributed by atoms with Gasteiger partial charge in [0, 0.05) is 12.0 Å². The highest BCUT2D eigenvalue weighted by molar-refractivity contribution is 6.35. The number of benzene rings is 2. The summed E-state index contributed by atoms with van der Waals surface area (Å²) in [7, 11) is 1.52. The molecule has 0 radical (unpaired) electrons. The highest BCUT2D eigenvalue weighted by Gasteiger charge is 2.26. The molecule has 0 spiro atoms. The fourth-order valence-corrected chi connectivity index (χ4v) is 4.02. The van der Waals surface area contributed by atoms with Crippen molar-refractivity contribution in [2.75, 3.05) is 13.7 Å². The number of aromatic amines is 1. The van der Waals surface area contributed by atoms with Crippen LogP contribution in [0.4, 0.5) is 13.6 Å². The summed E-state index contributed by atoms with van der Waals surface area (Å²) in [5.74, 6) is 1.19. The van der Waals surface area contributed by atoms with E-state index in [1.807, 2.05) is 0 Å². The van der Waals surface area contributed by atoms with Crippen LogP contribution in [0.15, 0.2) is 54.9 Å². The summed E-state index contributed by atoms with van der Waals surface area (Å²) in [6.45, 7) is -2.67. The fraction of sp³-hybridized carbons (Fsp3) is 0.308. The third-order valence-electron chi connectivity index (χ3n) is 5.61. The van der Waals surface area contributed by atoms with Gasteiger partial charge in [-0.25, -0.2) is 9.78 Å². The summed E-state index contributed by atoms with van der Waals surface area (Å²) in [6, 6.07) is 10.7. The molecule has 0 amide bonds. The number of pyridine rings is 1. The monoisotopic (exact) mass is 554 g/mol. The zero-order valence-electron chi connectivity index (χ0n) is 19.7. The van der Waals surface area contributed by atoms with Crippen LogP contribution in [0, 0.1) is 5.92 Å². The second-order valence-electron chi connectivity index (χ2n) is 8.31. The van der Waals surface area contributed by atoms with Gasteiger partial charge < -0.3 is 23.7 Å². The number of ether oxygens (including phenoxy) is 5. The van der Waals surface area contributed by atoms with Crippen molar-refractivity contribution in [3.05, 3.63) is 76.0 Å². The first-order valence-electron chi connectivity index (χ1n) is 11.4. The summed E-state index contributed by atoms with van der Waals surface area (Å²) in [5.41, 5.74) is 0.955. The van der Waals surface area contributed by atoms with Gasteiger partial charge in [-0.3, -0.25) is 0 Å². The van der Waals surface area contributed by atoms with Gasteiger partial charge in [-0.1, -0.05) is 29.3 Å². The Labute approximate surface area is 222 Å². The number of H-pyrrole nitrogens is 1. The summed E-state index contributed by atoms with van der Waals surface area (Å²) < 4.78 is 52.4. The highest BCUT2D eigenvalue weighted by atomic mass is 35.5. The van der Waals surface area contributed by atoms with Crippen molar-refractivity contribution in [3.8, 4) is 23.0 Å². The molecule has 0 aliphatic heterocycles. The topological polar surface area (TPSA) is 77.4 Å². The fourth-order valence-electron chi connectivity index (χ4n) is 3.49. The summed E-state index contributed by atoms with van der Waals surface area (Å²) in [4.78, 5) is 15.5. The molecule has 1 fully saturated rings. The molecule has 1 aliphatic rings. The second-order valence-corrected chi connectivity index (χ2v) is 9.12.